The van der Waals surface area contributed by atoms with Gasteiger partial charge in [-0.1, -0.05) is 0 Å². The van der Waals surface area contributed by atoms with Gasteiger partial charge in [0.15, 0.2) is 5.76 Å². The van der Waals surface area contributed by atoms with Crippen molar-refractivity contribution in [2.24, 2.45) is 10.9 Å². The molecule has 0 spiro atoms. The highest BCUT2D eigenvalue weighted by Gasteiger charge is 2.44. The van der Waals surface area contributed by atoms with E-state index < -0.39 is 5.92 Å². The van der Waals surface area contributed by atoms with Crippen LogP contribution in [0.2, 0.25) is 0 Å². The summed E-state index contributed by atoms with van der Waals surface area (Å²) in [6.45, 7) is 3.84. The van der Waals surface area contributed by atoms with Crippen molar-refractivity contribution < 1.29 is 14.3 Å². The van der Waals surface area contributed by atoms with Crippen LogP contribution in [0.25, 0.3) is 0 Å². The Morgan fingerprint density at radius 2 is 2.13 bits per heavy atom. The van der Waals surface area contributed by atoms with Gasteiger partial charge < -0.3 is 4.74 Å². The summed E-state index contributed by atoms with van der Waals surface area (Å²) < 4.78 is 4.89. The smallest absolute Gasteiger partial charge is 0.206 e. The third kappa shape index (κ3) is 1.50. The minimum Gasteiger partial charge on any atom is -0.493 e. The Morgan fingerprint density at radius 3 is 2.73 bits per heavy atom. The molecule has 0 radical (unpaired) electrons. The molecule has 0 saturated heterocycles. The molecule has 80 valence electrons. The first kappa shape index (κ1) is 10.1. The molecule has 0 N–H and O–H groups in total. The van der Waals surface area contributed by atoms with Gasteiger partial charge in [0.2, 0.25) is 11.6 Å². The quantitative estimate of drug-likeness (QED) is 0.642. The molecule has 4 nitrogen and oxygen atoms in total. The van der Waals surface area contributed by atoms with Crippen LogP contribution in [0.1, 0.15) is 20.3 Å². The van der Waals surface area contributed by atoms with E-state index in [1.54, 1.807) is 0 Å². The molecule has 0 bridgehead atoms. The first-order valence-electron chi connectivity index (χ1n) is 4.88. The number of hydrogen-bond donors (Lipinski definition) is 0. The summed E-state index contributed by atoms with van der Waals surface area (Å²) >= 11 is 0. The van der Waals surface area contributed by atoms with E-state index in [9.17, 15) is 9.59 Å². The maximum absolute atomic E-state index is 11.8. The maximum atomic E-state index is 11.8. The Kier molecular flexibility index (Phi) is 2.03. The molecule has 0 saturated carbocycles. The number of methoxy groups -OCH3 is 1. The predicted octanol–water partition coefficient (Wildman–Crippen LogP) is 0.908. The van der Waals surface area contributed by atoms with Crippen LogP contribution in [-0.4, -0.2) is 29.9 Å². The monoisotopic (exact) mass is 207 g/mol. The molecule has 1 aliphatic carbocycles. The molecule has 0 amide bonds. The zero-order chi connectivity index (χ0) is 11.2. The number of allylic oxidation sites excluding steroid dienone is 2. The van der Waals surface area contributed by atoms with Crippen LogP contribution in [0.4, 0.5) is 0 Å². The summed E-state index contributed by atoms with van der Waals surface area (Å²) in [4.78, 5) is 27.8. The number of ether oxygens (including phenoxy) is 1. The number of carbonyl (C=O) groups is 2. The number of nitrogens with zero attached hydrogens (tertiary/aromatic N) is 1. The molecule has 1 heterocycles. The predicted molar refractivity (Wildman–Crippen MR) is 54.7 cm³/mol. The van der Waals surface area contributed by atoms with Crippen LogP contribution in [0, 0.1) is 5.92 Å². The van der Waals surface area contributed by atoms with Crippen molar-refractivity contribution in [3.05, 3.63) is 11.8 Å². The molecule has 15 heavy (non-hydrogen) atoms. The first-order chi connectivity index (χ1) is 6.94. The lowest BCUT2D eigenvalue weighted by molar-refractivity contribution is -0.122. The van der Waals surface area contributed by atoms with Crippen molar-refractivity contribution >= 4 is 17.3 Å². The number of aliphatic imine (C=N–C) groups is 1. The molecular formula is C11H13NO3. The van der Waals surface area contributed by atoms with E-state index in [1.165, 1.54) is 13.2 Å². The average Bonchev–Trinajstić information content (AvgIpc) is 2.48. The van der Waals surface area contributed by atoms with E-state index in [0.29, 0.717) is 12.1 Å². The van der Waals surface area contributed by atoms with Crippen molar-refractivity contribution in [2.75, 3.05) is 7.11 Å². The number of ketones is 2. The second-order valence-corrected chi connectivity index (χ2v) is 4.51. The fourth-order valence-electron chi connectivity index (χ4n) is 2.08. The minimum absolute atomic E-state index is 0.124. The second-order valence-electron chi connectivity index (χ2n) is 4.51. The van der Waals surface area contributed by atoms with Crippen molar-refractivity contribution in [3.63, 3.8) is 0 Å². The molecule has 1 aliphatic heterocycles. The third-order valence-corrected chi connectivity index (χ3v) is 2.75. The van der Waals surface area contributed by atoms with Crippen LogP contribution in [0.5, 0.6) is 0 Å². The van der Waals surface area contributed by atoms with Crippen LogP contribution < -0.4 is 0 Å². The summed E-state index contributed by atoms with van der Waals surface area (Å²) in [7, 11) is 1.40. The lowest BCUT2D eigenvalue weighted by Gasteiger charge is -2.18. The van der Waals surface area contributed by atoms with Gasteiger partial charge in [-0.15, -0.1) is 0 Å². The van der Waals surface area contributed by atoms with Gasteiger partial charge in [-0.2, -0.15) is 0 Å². The lowest BCUT2D eigenvalue weighted by atomic mass is 9.84. The zero-order valence-corrected chi connectivity index (χ0v) is 9.03. The van der Waals surface area contributed by atoms with Gasteiger partial charge in [0.1, 0.15) is 0 Å². The fraction of sp³-hybridized carbons (Fsp3) is 0.545. The zero-order valence-electron chi connectivity index (χ0n) is 9.03. The van der Waals surface area contributed by atoms with Gasteiger partial charge in [-0.25, -0.2) is 0 Å². The second kappa shape index (κ2) is 3.02. The third-order valence-electron chi connectivity index (χ3n) is 2.75. The van der Waals surface area contributed by atoms with Gasteiger partial charge in [0.05, 0.1) is 24.3 Å². The van der Waals surface area contributed by atoms with Crippen LogP contribution in [0.3, 0.4) is 0 Å². The number of Topliss-reactive ketones (excluding diaryl/α,β-unsaturated/α-hetero) is 1. The Hall–Kier alpha value is -1.45. The van der Waals surface area contributed by atoms with Gasteiger partial charge in [0.25, 0.3) is 0 Å². The molecule has 0 aromatic carbocycles. The molecule has 0 fully saturated rings. The summed E-state index contributed by atoms with van der Waals surface area (Å²) in [5, 5.41) is 0. The van der Waals surface area contributed by atoms with Crippen LogP contribution in [-0.2, 0) is 14.3 Å². The summed E-state index contributed by atoms with van der Waals surface area (Å²) in [5.74, 6) is -0.558. The Bertz CT molecular complexity index is 404. The van der Waals surface area contributed by atoms with Crippen molar-refractivity contribution in [2.45, 2.75) is 25.8 Å². The van der Waals surface area contributed by atoms with Crippen molar-refractivity contribution in [3.8, 4) is 0 Å². The van der Waals surface area contributed by atoms with E-state index in [2.05, 4.69) is 4.99 Å². The van der Waals surface area contributed by atoms with Gasteiger partial charge in [-0.3, -0.25) is 14.6 Å². The molecule has 4 heteroatoms. The van der Waals surface area contributed by atoms with Crippen molar-refractivity contribution in [1.29, 1.82) is 0 Å². The Balaban J connectivity index is 2.43. The molecule has 0 aromatic rings. The topological polar surface area (TPSA) is 55.7 Å². The van der Waals surface area contributed by atoms with E-state index in [-0.39, 0.29) is 22.9 Å². The van der Waals surface area contributed by atoms with Gasteiger partial charge >= 0.3 is 0 Å². The summed E-state index contributed by atoms with van der Waals surface area (Å²) in [6, 6.07) is 0. The number of carbonyl (C=O) groups excluding carboxylic acids is 2. The molecular weight excluding hydrogens is 194 g/mol. The van der Waals surface area contributed by atoms with Crippen LogP contribution >= 0.6 is 0 Å². The highest BCUT2D eigenvalue weighted by Crippen LogP contribution is 2.34. The van der Waals surface area contributed by atoms with E-state index >= 15 is 0 Å². The van der Waals surface area contributed by atoms with Gasteiger partial charge in [0, 0.05) is 6.08 Å². The number of hydrogen-bond acceptors (Lipinski definition) is 4. The lowest BCUT2D eigenvalue weighted by Crippen LogP contribution is -2.33. The fourth-order valence-corrected chi connectivity index (χ4v) is 2.08. The molecule has 1 atom stereocenters. The number of fused-ring (bicyclic) bond motifs is 1. The summed E-state index contributed by atoms with van der Waals surface area (Å²) in [5.41, 5.74) is 0.0771. The number of rotatable bonds is 1. The Morgan fingerprint density at radius 1 is 1.47 bits per heavy atom. The minimum atomic E-state index is -0.396. The first-order valence-corrected chi connectivity index (χ1v) is 4.88. The largest absolute Gasteiger partial charge is 0.493 e. The normalized spacial score (nSPS) is 28.3. The van der Waals surface area contributed by atoms with E-state index in [1.807, 2.05) is 13.8 Å². The van der Waals surface area contributed by atoms with Gasteiger partial charge in [-0.05, 0) is 20.3 Å². The van der Waals surface area contributed by atoms with E-state index in [0.717, 1.165) is 0 Å². The average molecular weight is 207 g/mol. The highest BCUT2D eigenvalue weighted by molar-refractivity contribution is 6.51. The maximum Gasteiger partial charge on any atom is 0.206 e. The highest BCUT2D eigenvalue weighted by atomic mass is 16.5. The Labute approximate surface area is 88.0 Å². The molecule has 2 rings (SSSR count). The molecule has 1 unspecified atom stereocenters. The van der Waals surface area contributed by atoms with Crippen LogP contribution in [0.15, 0.2) is 16.8 Å². The van der Waals surface area contributed by atoms with Crippen molar-refractivity contribution in [1.82, 2.24) is 0 Å². The SMILES string of the molecule is COC1=CC(=O)C2=NC(C)(C)CC2C1=O. The molecule has 0 aromatic heterocycles. The van der Waals surface area contributed by atoms with E-state index in [4.69, 9.17) is 4.74 Å². The summed E-state index contributed by atoms with van der Waals surface area (Å²) in [6.07, 6.45) is 1.83. The molecule has 2 aliphatic rings. The standard InChI is InChI=1S/C11H13NO3/c1-11(2)5-6-9(12-11)7(13)4-8(15-3)10(6)14/h4,6H,5H2,1-3H3.